The van der Waals surface area contributed by atoms with Gasteiger partial charge in [0, 0.05) is 0 Å². The molecule has 9 nitrogen and oxygen atoms in total. The van der Waals surface area contributed by atoms with Gasteiger partial charge in [-0.3, -0.25) is 25.0 Å². The molecular formula is C18H15N3O6. The zero-order chi connectivity index (χ0) is 19.7. The lowest BCUT2D eigenvalue weighted by molar-refractivity contribution is -0.402. The van der Waals surface area contributed by atoms with Crippen molar-refractivity contribution in [2.24, 2.45) is 0 Å². The Kier molecular flexibility index (Phi) is 4.59. The molecule has 1 aliphatic heterocycles. The van der Waals surface area contributed by atoms with Crippen molar-refractivity contribution < 1.29 is 23.7 Å². The Hall–Kier alpha value is -3.75. The Bertz CT molecular complexity index is 971. The van der Waals surface area contributed by atoms with Crippen molar-refractivity contribution in [3.8, 4) is 0 Å². The number of anilines is 1. The van der Waals surface area contributed by atoms with Crippen molar-refractivity contribution >= 4 is 35.5 Å². The van der Waals surface area contributed by atoms with Crippen molar-refractivity contribution in [3.05, 3.63) is 63.4 Å². The van der Waals surface area contributed by atoms with Crippen molar-refractivity contribution in [2.45, 2.75) is 19.8 Å². The largest absolute Gasteiger partial charge is 0.433 e. The molecular weight excluding hydrogens is 354 g/mol. The SMILES string of the molecule is CC(C)c1ccc(N2C(=O)NC(=O)C(=Cc3ccc([N+](=O)[O-])o3)C2=O)cc1. The first-order valence-electron chi connectivity index (χ1n) is 8.03. The van der Waals surface area contributed by atoms with E-state index in [-0.39, 0.29) is 17.3 Å². The molecule has 1 fully saturated rings. The van der Waals surface area contributed by atoms with Crippen LogP contribution in [0.1, 0.15) is 31.1 Å². The number of rotatable bonds is 4. The van der Waals surface area contributed by atoms with Crippen molar-refractivity contribution in [1.29, 1.82) is 0 Å². The minimum atomic E-state index is -0.904. The minimum absolute atomic E-state index is 0.0512. The van der Waals surface area contributed by atoms with E-state index in [0.717, 1.165) is 22.6 Å². The summed E-state index contributed by atoms with van der Waals surface area (Å²) in [6, 6.07) is 8.28. The van der Waals surface area contributed by atoms with Gasteiger partial charge in [0.25, 0.3) is 11.8 Å². The van der Waals surface area contributed by atoms with Gasteiger partial charge in [0.2, 0.25) is 0 Å². The van der Waals surface area contributed by atoms with Crippen LogP contribution in [0.25, 0.3) is 6.08 Å². The van der Waals surface area contributed by atoms with Crippen LogP contribution in [0.3, 0.4) is 0 Å². The molecule has 1 aliphatic rings. The predicted octanol–water partition coefficient (Wildman–Crippen LogP) is 2.98. The summed E-state index contributed by atoms with van der Waals surface area (Å²) < 4.78 is 4.94. The highest BCUT2D eigenvalue weighted by Crippen LogP contribution is 2.25. The number of nitro groups is 1. The number of nitrogens with one attached hydrogen (secondary N) is 1. The molecule has 0 saturated carbocycles. The Morgan fingerprint density at radius 3 is 2.33 bits per heavy atom. The molecule has 0 radical (unpaired) electrons. The lowest BCUT2D eigenvalue weighted by Crippen LogP contribution is -2.54. The zero-order valence-electron chi connectivity index (χ0n) is 14.5. The monoisotopic (exact) mass is 369 g/mol. The molecule has 1 aromatic carbocycles. The first kappa shape index (κ1) is 18.1. The van der Waals surface area contributed by atoms with Gasteiger partial charge in [-0.25, -0.2) is 9.69 Å². The van der Waals surface area contributed by atoms with Crippen LogP contribution < -0.4 is 10.2 Å². The number of hydrogen-bond donors (Lipinski definition) is 1. The molecule has 1 aromatic heterocycles. The molecule has 0 unspecified atom stereocenters. The smallest absolute Gasteiger partial charge is 0.401 e. The van der Waals surface area contributed by atoms with Gasteiger partial charge in [-0.05, 0) is 35.8 Å². The molecule has 27 heavy (non-hydrogen) atoms. The molecule has 0 aliphatic carbocycles. The number of benzene rings is 1. The molecule has 138 valence electrons. The predicted molar refractivity (Wildman–Crippen MR) is 94.9 cm³/mol. The summed E-state index contributed by atoms with van der Waals surface area (Å²) in [5.74, 6) is -2.05. The fourth-order valence-electron chi connectivity index (χ4n) is 2.56. The van der Waals surface area contributed by atoms with Crippen molar-refractivity contribution in [1.82, 2.24) is 5.32 Å². The van der Waals surface area contributed by atoms with Gasteiger partial charge in [0.15, 0.2) is 0 Å². The summed E-state index contributed by atoms with van der Waals surface area (Å²) in [6.45, 7) is 4.02. The number of amides is 4. The van der Waals surface area contributed by atoms with Crippen LogP contribution in [-0.4, -0.2) is 22.8 Å². The van der Waals surface area contributed by atoms with E-state index in [9.17, 15) is 24.5 Å². The Balaban J connectivity index is 1.95. The molecule has 9 heteroatoms. The first-order valence-corrected chi connectivity index (χ1v) is 8.03. The summed E-state index contributed by atoms with van der Waals surface area (Å²) in [5.41, 5.74) is 0.955. The summed E-state index contributed by atoms with van der Waals surface area (Å²) in [6.07, 6.45) is 1.06. The van der Waals surface area contributed by atoms with Crippen LogP contribution in [0.15, 0.2) is 46.4 Å². The molecule has 2 aromatic rings. The second-order valence-corrected chi connectivity index (χ2v) is 6.14. The van der Waals surface area contributed by atoms with Gasteiger partial charge in [-0.1, -0.05) is 26.0 Å². The third-order valence-corrected chi connectivity index (χ3v) is 4.00. The van der Waals surface area contributed by atoms with E-state index >= 15 is 0 Å². The van der Waals surface area contributed by atoms with E-state index < -0.39 is 28.7 Å². The van der Waals surface area contributed by atoms with Crippen LogP contribution in [-0.2, 0) is 9.59 Å². The minimum Gasteiger partial charge on any atom is -0.401 e. The van der Waals surface area contributed by atoms with Gasteiger partial charge in [-0.2, -0.15) is 0 Å². The quantitative estimate of drug-likeness (QED) is 0.382. The van der Waals surface area contributed by atoms with Crippen LogP contribution in [0, 0.1) is 10.1 Å². The number of hydrogen-bond acceptors (Lipinski definition) is 6. The van der Waals surface area contributed by atoms with Gasteiger partial charge >= 0.3 is 11.9 Å². The number of imide groups is 2. The zero-order valence-corrected chi connectivity index (χ0v) is 14.5. The standard InChI is InChI=1S/C18H15N3O6/c1-10(2)11-3-5-12(6-4-11)20-17(23)14(16(22)19-18(20)24)9-13-7-8-15(27-13)21(25)26/h3-10H,1-2H3,(H,19,22,24). The Labute approximate surface area is 153 Å². The molecule has 1 saturated heterocycles. The second-order valence-electron chi connectivity index (χ2n) is 6.14. The maximum atomic E-state index is 12.7. The number of carbonyl (C=O) groups excluding carboxylic acids is 3. The Morgan fingerprint density at radius 1 is 1.11 bits per heavy atom. The highest BCUT2D eigenvalue weighted by atomic mass is 16.6. The number of barbiturate groups is 1. The van der Waals surface area contributed by atoms with E-state index in [4.69, 9.17) is 4.42 Å². The van der Waals surface area contributed by atoms with Crippen LogP contribution in [0.5, 0.6) is 0 Å². The van der Waals surface area contributed by atoms with Crippen LogP contribution in [0.4, 0.5) is 16.4 Å². The third-order valence-electron chi connectivity index (χ3n) is 4.00. The lowest BCUT2D eigenvalue weighted by Gasteiger charge is -2.26. The molecule has 2 heterocycles. The highest BCUT2D eigenvalue weighted by Gasteiger charge is 2.37. The van der Waals surface area contributed by atoms with Crippen molar-refractivity contribution in [2.75, 3.05) is 4.90 Å². The number of carbonyl (C=O) groups is 3. The molecule has 1 N–H and O–H groups in total. The molecule has 0 bridgehead atoms. The van der Waals surface area contributed by atoms with E-state index in [1.807, 2.05) is 13.8 Å². The summed E-state index contributed by atoms with van der Waals surface area (Å²) in [7, 11) is 0. The van der Waals surface area contributed by atoms with Gasteiger partial charge in [-0.15, -0.1) is 0 Å². The number of furan rings is 1. The van der Waals surface area contributed by atoms with Crippen molar-refractivity contribution in [3.63, 3.8) is 0 Å². The van der Waals surface area contributed by atoms with Crippen LogP contribution >= 0.6 is 0 Å². The van der Waals surface area contributed by atoms with Gasteiger partial charge < -0.3 is 4.42 Å². The number of urea groups is 1. The van der Waals surface area contributed by atoms with Gasteiger partial charge in [0.1, 0.15) is 16.3 Å². The fraction of sp³-hybridized carbons (Fsp3) is 0.167. The summed E-state index contributed by atoms with van der Waals surface area (Å²) in [4.78, 5) is 47.7. The maximum Gasteiger partial charge on any atom is 0.433 e. The topological polar surface area (TPSA) is 123 Å². The van der Waals surface area contributed by atoms with E-state index in [2.05, 4.69) is 5.32 Å². The molecule has 0 spiro atoms. The summed E-state index contributed by atoms with van der Waals surface area (Å²) in [5, 5.41) is 12.8. The average molecular weight is 369 g/mol. The number of nitrogens with zero attached hydrogens (tertiary/aromatic N) is 2. The average Bonchev–Trinajstić information content (AvgIpc) is 3.08. The van der Waals surface area contributed by atoms with Gasteiger partial charge in [0.05, 0.1) is 11.8 Å². The lowest BCUT2D eigenvalue weighted by atomic mass is 10.0. The summed E-state index contributed by atoms with van der Waals surface area (Å²) >= 11 is 0. The highest BCUT2D eigenvalue weighted by molar-refractivity contribution is 6.39. The fourth-order valence-corrected chi connectivity index (χ4v) is 2.56. The molecule has 3 rings (SSSR count). The van der Waals surface area contributed by atoms with E-state index in [0.29, 0.717) is 5.69 Å². The van der Waals surface area contributed by atoms with Crippen LogP contribution in [0.2, 0.25) is 0 Å². The van der Waals surface area contributed by atoms with E-state index in [1.54, 1.807) is 24.3 Å². The maximum absolute atomic E-state index is 12.7. The Morgan fingerprint density at radius 2 is 1.78 bits per heavy atom. The third kappa shape index (κ3) is 3.47. The molecule has 4 amide bonds. The molecule has 0 atom stereocenters. The second kappa shape index (κ2) is 6.87. The normalized spacial score (nSPS) is 16.2. The first-order chi connectivity index (χ1) is 12.8. The van der Waals surface area contributed by atoms with E-state index in [1.165, 1.54) is 6.07 Å².